The van der Waals surface area contributed by atoms with E-state index in [2.05, 4.69) is 4.74 Å². The summed E-state index contributed by atoms with van der Waals surface area (Å²) in [7, 11) is 0. The van der Waals surface area contributed by atoms with Gasteiger partial charge in [-0.25, -0.2) is 4.79 Å². The van der Waals surface area contributed by atoms with Crippen LogP contribution in [-0.4, -0.2) is 23.4 Å². The molecule has 0 aliphatic carbocycles. The molecule has 1 aromatic carbocycles. The Labute approximate surface area is 99.8 Å². The van der Waals surface area contributed by atoms with E-state index in [1.165, 1.54) is 0 Å². The van der Waals surface area contributed by atoms with Gasteiger partial charge in [-0.1, -0.05) is 11.6 Å². The molecule has 0 saturated carbocycles. The van der Waals surface area contributed by atoms with E-state index in [0.29, 0.717) is 0 Å². The molecule has 0 amide bonds. The third-order valence-corrected chi connectivity index (χ3v) is 2.24. The van der Waals surface area contributed by atoms with Gasteiger partial charge in [0, 0.05) is 0 Å². The molecule has 0 unspecified atom stereocenters. The smallest absolute Gasteiger partial charge is 0.425 e. The summed E-state index contributed by atoms with van der Waals surface area (Å²) < 4.78 is 41.2. The van der Waals surface area contributed by atoms with Crippen LogP contribution in [0.4, 0.5) is 13.2 Å². The van der Waals surface area contributed by atoms with Crippen molar-refractivity contribution < 1.29 is 27.8 Å². The number of alkyl halides is 3. The van der Waals surface area contributed by atoms with Crippen molar-refractivity contribution in [2.45, 2.75) is 19.2 Å². The number of rotatable bonds is 3. The number of carboxylic acids is 1. The Balaban J connectivity index is 2.90. The molecule has 1 rings (SSSR count). The summed E-state index contributed by atoms with van der Waals surface area (Å²) in [5.41, 5.74) is -0.123. The quantitative estimate of drug-likeness (QED) is 0.914. The molecule has 17 heavy (non-hydrogen) atoms. The van der Waals surface area contributed by atoms with Crippen molar-refractivity contribution in [3.05, 3.63) is 28.8 Å². The zero-order chi connectivity index (χ0) is 13.2. The summed E-state index contributed by atoms with van der Waals surface area (Å²) in [5, 5.41) is 8.45. The molecule has 0 aromatic heterocycles. The normalized spacial score (nSPS) is 13.2. The van der Waals surface area contributed by atoms with Gasteiger partial charge in [0.2, 0.25) is 0 Å². The highest BCUT2D eigenvalue weighted by atomic mass is 35.5. The maximum Gasteiger partial charge on any atom is 0.425 e. The van der Waals surface area contributed by atoms with Crippen LogP contribution in [0.2, 0.25) is 5.02 Å². The van der Waals surface area contributed by atoms with E-state index < -0.39 is 18.2 Å². The molecule has 0 bridgehead atoms. The molecular weight excluding hydrogens is 261 g/mol. The van der Waals surface area contributed by atoms with Gasteiger partial charge in [-0.15, -0.1) is 0 Å². The van der Waals surface area contributed by atoms with Crippen LogP contribution in [-0.2, 0) is 0 Å². The van der Waals surface area contributed by atoms with Gasteiger partial charge in [-0.2, -0.15) is 13.2 Å². The number of benzene rings is 1. The summed E-state index contributed by atoms with van der Waals surface area (Å²) in [5.74, 6) is -1.43. The minimum atomic E-state index is -4.51. The maximum atomic E-state index is 12.2. The lowest BCUT2D eigenvalue weighted by Crippen LogP contribution is -2.31. The maximum absolute atomic E-state index is 12.2. The second-order valence-corrected chi connectivity index (χ2v) is 3.66. The molecule has 0 aliphatic rings. The van der Waals surface area contributed by atoms with Crippen LogP contribution >= 0.6 is 11.6 Å². The van der Waals surface area contributed by atoms with E-state index in [9.17, 15) is 18.0 Å². The number of hydrogen-bond acceptors (Lipinski definition) is 2. The first-order chi connectivity index (χ1) is 7.71. The monoisotopic (exact) mass is 268 g/mol. The lowest BCUT2D eigenvalue weighted by molar-refractivity contribution is -0.189. The van der Waals surface area contributed by atoms with Gasteiger partial charge in [-0.3, -0.25) is 0 Å². The lowest BCUT2D eigenvalue weighted by Gasteiger charge is -2.18. The molecule has 0 spiro atoms. The highest BCUT2D eigenvalue weighted by Gasteiger charge is 2.38. The van der Waals surface area contributed by atoms with Crippen LogP contribution < -0.4 is 4.74 Å². The van der Waals surface area contributed by atoms with Gasteiger partial charge in [0.15, 0.2) is 6.10 Å². The fraction of sp³-hybridized carbons (Fsp3) is 0.300. The Kier molecular flexibility index (Phi) is 3.87. The van der Waals surface area contributed by atoms with Crippen molar-refractivity contribution in [2.24, 2.45) is 0 Å². The predicted molar refractivity (Wildman–Crippen MR) is 54.6 cm³/mol. The van der Waals surface area contributed by atoms with Crippen molar-refractivity contribution in [3.8, 4) is 5.75 Å². The van der Waals surface area contributed by atoms with E-state index in [4.69, 9.17) is 16.7 Å². The molecule has 0 aliphatic heterocycles. The van der Waals surface area contributed by atoms with Crippen molar-refractivity contribution in [3.63, 3.8) is 0 Å². The van der Waals surface area contributed by atoms with Crippen molar-refractivity contribution in [1.82, 2.24) is 0 Å². The van der Waals surface area contributed by atoms with Gasteiger partial charge in [-0.05, 0) is 25.1 Å². The number of ether oxygens (including phenoxy) is 1. The molecule has 0 saturated heterocycles. The Morgan fingerprint density at radius 3 is 2.47 bits per heavy atom. The van der Waals surface area contributed by atoms with E-state index in [1.54, 1.807) is 0 Å². The van der Waals surface area contributed by atoms with Crippen LogP contribution in [0.25, 0.3) is 0 Å². The Morgan fingerprint density at radius 1 is 1.47 bits per heavy atom. The highest BCUT2D eigenvalue weighted by Crippen LogP contribution is 2.30. The molecular formula is C10H8ClF3O3. The SMILES string of the molecule is C[C@@H](Oc1ccc(C(=O)O)cc1Cl)C(F)(F)F. The molecule has 0 fully saturated rings. The third-order valence-electron chi connectivity index (χ3n) is 1.94. The molecule has 94 valence electrons. The van der Waals surface area contributed by atoms with Gasteiger partial charge < -0.3 is 9.84 Å². The number of aromatic carboxylic acids is 1. The van der Waals surface area contributed by atoms with Crippen molar-refractivity contribution >= 4 is 17.6 Å². The largest absolute Gasteiger partial charge is 0.480 e. The second-order valence-electron chi connectivity index (χ2n) is 3.25. The van der Waals surface area contributed by atoms with E-state index in [1.807, 2.05) is 0 Å². The van der Waals surface area contributed by atoms with Gasteiger partial charge in [0.05, 0.1) is 10.6 Å². The summed E-state index contributed by atoms with van der Waals surface area (Å²) >= 11 is 5.61. The summed E-state index contributed by atoms with van der Waals surface area (Å²) in [6.45, 7) is 0.835. The molecule has 1 aromatic rings. The molecule has 1 N–H and O–H groups in total. The summed E-state index contributed by atoms with van der Waals surface area (Å²) in [6, 6.07) is 3.24. The zero-order valence-corrected chi connectivity index (χ0v) is 9.34. The molecule has 7 heteroatoms. The molecule has 0 heterocycles. The predicted octanol–water partition coefficient (Wildman–Crippen LogP) is 3.37. The number of halogens is 4. The van der Waals surface area contributed by atoms with Gasteiger partial charge >= 0.3 is 12.1 Å². The van der Waals surface area contributed by atoms with Crippen molar-refractivity contribution in [1.29, 1.82) is 0 Å². The zero-order valence-electron chi connectivity index (χ0n) is 8.58. The standard InChI is InChI=1S/C10H8ClF3O3/c1-5(10(12,13)14)17-8-3-2-6(9(15)16)4-7(8)11/h2-5H,1H3,(H,15,16)/t5-/m1/s1. The minimum Gasteiger partial charge on any atom is -0.480 e. The Morgan fingerprint density at radius 2 is 2.06 bits per heavy atom. The average molecular weight is 269 g/mol. The topological polar surface area (TPSA) is 46.5 Å². The van der Waals surface area contributed by atoms with Gasteiger partial charge in [0.25, 0.3) is 0 Å². The molecule has 0 radical (unpaired) electrons. The van der Waals surface area contributed by atoms with Crippen molar-refractivity contribution in [2.75, 3.05) is 0 Å². The Hall–Kier alpha value is -1.43. The minimum absolute atomic E-state index is 0.123. The van der Waals surface area contributed by atoms with E-state index >= 15 is 0 Å². The average Bonchev–Trinajstić information content (AvgIpc) is 2.19. The van der Waals surface area contributed by atoms with Crippen LogP contribution in [0, 0.1) is 0 Å². The van der Waals surface area contributed by atoms with Crippen LogP contribution in [0.3, 0.4) is 0 Å². The van der Waals surface area contributed by atoms with Crippen LogP contribution in [0.5, 0.6) is 5.75 Å². The molecule has 3 nitrogen and oxygen atoms in total. The first-order valence-corrected chi connectivity index (χ1v) is 4.86. The number of carboxylic acid groups (broad SMARTS) is 1. The summed E-state index contributed by atoms with van der Waals surface area (Å²) in [6.07, 6.45) is -6.52. The highest BCUT2D eigenvalue weighted by molar-refractivity contribution is 6.32. The Bertz CT molecular complexity index is 431. The first kappa shape index (κ1) is 13.6. The fourth-order valence-corrected chi connectivity index (χ4v) is 1.21. The van der Waals surface area contributed by atoms with E-state index in [0.717, 1.165) is 25.1 Å². The van der Waals surface area contributed by atoms with Crippen LogP contribution in [0.15, 0.2) is 18.2 Å². The fourth-order valence-electron chi connectivity index (χ4n) is 0.987. The van der Waals surface area contributed by atoms with Gasteiger partial charge in [0.1, 0.15) is 5.75 Å². The number of carbonyl (C=O) groups is 1. The van der Waals surface area contributed by atoms with E-state index in [-0.39, 0.29) is 16.3 Å². The lowest BCUT2D eigenvalue weighted by atomic mass is 10.2. The third kappa shape index (κ3) is 3.52. The number of hydrogen-bond donors (Lipinski definition) is 1. The second kappa shape index (κ2) is 4.83. The first-order valence-electron chi connectivity index (χ1n) is 4.48. The summed E-state index contributed by atoms with van der Waals surface area (Å²) in [4.78, 5) is 10.6. The molecule has 1 atom stereocenters. The van der Waals surface area contributed by atoms with Crippen LogP contribution in [0.1, 0.15) is 17.3 Å².